The average Bonchev–Trinajstić information content (AvgIpc) is 3.44. The molecule has 0 saturated carbocycles. The number of nitrogens with zero attached hydrogens (tertiary/aromatic N) is 1. The Kier molecular flexibility index (Phi) is 4.21. The van der Waals surface area contributed by atoms with Gasteiger partial charge in [-0.25, -0.2) is 4.79 Å². The van der Waals surface area contributed by atoms with E-state index in [9.17, 15) is 9.59 Å². The highest BCUT2D eigenvalue weighted by Crippen LogP contribution is 2.37. The minimum Gasteiger partial charge on any atom is -0.496 e. The number of aromatic amines is 1. The summed E-state index contributed by atoms with van der Waals surface area (Å²) in [5.74, 6) is -0.378. The highest BCUT2D eigenvalue weighted by atomic mass is 32.1. The lowest BCUT2D eigenvalue weighted by atomic mass is 10.1. The predicted molar refractivity (Wildman–Crippen MR) is 110 cm³/mol. The molecule has 29 heavy (non-hydrogen) atoms. The molecule has 0 radical (unpaired) electrons. The van der Waals surface area contributed by atoms with Crippen molar-refractivity contribution in [2.45, 2.75) is 12.5 Å². The number of nitrogens with one attached hydrogen (secondary N) is 2. The lowest BCUT2D eigenvalue weighted by Crippen LogP contribution is -2.38. The summed E-state index contributed by atoms with van der Waals surface area (Å²) in [5, 5.41) is 12.2. The van der Waals surface area contributed by atoms with Crippen molar-refractivity contribution in [1.29, 1.82) is 0 Å². The molecule has 1 fully saturated rings. The number of cyclic esters (lactones) is 1. The molecule has 1 unspecified atom stereocenters. The first-order valence-electron chi connectivity index (χ1n) is 9.16. The van der Waals surface area contributed by atoms with Gasteiger partial charge in [0, 0.05) is 22.6 Å². The number of benzene rings is 2. The molecule has 1 atom stereocenters. The van der Waals surface area contributed by atoms with E-state index in [0.29, 0.717) is 24.3 Å². The number of aromatic nitrogens is 2. The Morgan fingerprint density at radius 1 is 1.31 bits per heavy atom. The quantitative estimate of drug-likeness (QED) is 0.505. The number of methoxy groups -OCH3 is 1. The van der Waals surface area contributed by atoms with Crippen molar-refractivity contribution in [1.82, 2.24) is 15.5 Å². The van der Waals surface area contributed by atoms with Crippen LogP contribution >= 0.6 is 11.3 Å². The summed E-state index contributed by atoms with van der Waals surface area (Å²) in [6.07, 6.45) is 0.466. The van der Waals surface area contributed by atoms with Crippen LogP contribution in [0.3, 0.4) is 0 Å². The molecule has 0 bridgehead atoms. The van der Waals surface area contributed by atoms with Crippen molar-refractivity contribution >= 4 is 44.2 Å². The van der Waals surface area contributed by atoms with Crippen molar-refractivity contribution in [3.63, 3.8) is 0 Å². The van der Waals surface area contributed by atoms with Gasteiger partial charge in [-0.2, -0.15) is 5.10 Å². The van der Waals surface area contributed by atoms with Gasteiger partial charge < -0.3 is 14.8 Å². The smallest absolute Gasteiger partial charge is 0.328 e. The Labute approximate surface area is 169 Å². The first-order valence-corrected chi connectivity index (χ1v) is 9.98. The molecule has 2 aromatic heterocycles. The second-order valence-electron chi connectivity index (χ2n) is 6.80. The maximum Gasteiger partial charge on any atom is 0.328 e. The molecule has 1 aliphatic rings. The largest absolute Gasteiger partial charge is 0.496 e. The molecule has 0 aliphatic carbocycles. The Bertz CT molecular complexity index is 1230. The first kappa shape index (κ1) is 17.7. The fourth-order valence-electron chi connectivity index (χ4n) is 3.54. The molecule has 146 valence electrons. The number of amides is 1. The van der Waals surface area contributed by atoms with Crippen LogP contribution in [-0.2, 0) is 9.53 Å². The molecule has 8 heteroatoms. The standard InChI is InChI=1S/C21H17N3O4S/c1-27-16-10-15-12(9-13(16)20(25)22-14-6-7-28-21(14)26)19(24-23-15)18-8-11-4-2-3-5-17(11)29-18/h2-5,8-10,14H,6-7H2,1H3,(H,22,25)(H,23,24). The molecule has 2 N–H and O–H groups in total. The first-order chi connectivity index (χ1) is 14.1. The molecule has 3 heterocycles. The highest BCUT2D eigenvalue weighted by molar-refractivity contribution is 7.22. The van der Waals surface area contributed by atoms with Gasteiger partial charge in [0.05, 0.1) is 29.7 Å². The minimum atomic E-state index is -0.630. The summed E-state index contributed by atoms with van der Waals surface area (Å²) in [7, 11) is 1.51. The number of fused-ring (bicyclic) bond motifs is 2. The normalized spacial score (nSPS) is 16.3. The number of H-pyrrole nitrogens is 1. The van der Waals surface area contributed by atoms with Gasteiger partial charge in [0.2, 0.25) is 0 Å². The molecule has 1 amide bonds. The van der Waals surface area contributed by atoms with E-state index >= 15 is 0 Å². The van der Waals surface area contributed by atoms with Crippen LogP contribution in [0.25, 0.3) is 31.6 Å². The summed E-state index contributed by atoms with van der Waals surface area (Å²) in [6.45, 7) is 0.317. The average molecular weight is 407 g/mol. The van der Waals surface area contributed by atoms with E-state index in [2.05, 4.69) is 33.7 Å². The summed E-state index contributed by atoms with van der Waals surface area (Å²) in [4.78, 5) is 25.6. The van der Waals surface area contributed by atoms with E-state index < -0.39 is 12.0 Å². The van der Waals surface area contributed by atoms with E-state index in [4.69, 9.17) is 9.47 Å². The van der Waals surface area contributed by atoms with E-state index in [1.165, 1.54) is 11.8 Å². The number of carbonyl (C=O) groups excluding carboxylic acids is 2. The van der Waals surface area contributed by atoms with Crippen LogP contribution in [0.5, 0.6) is 5.75 Å². The van der Waals surface area contributed by atoms with Gasteiger partial charge in [0.1, 0.15) is 17.5 Å². The molecule has 5 rings (SSSR count). The van der Waals surface area contributed by atoms with Gasteiger partial charge in [-0.15, -0.1) is 11.3 Å². The minimum absolute atomic E-state index is 0.317. The predicted octanol–water partition coefficient (Wildman–Crippen LogP) is 3.50. The Morgan fingerprint density at radius 3 is 2.93 bits per heavy atom. The second-order valence-corrected chi connectivity index (χ2v) is 7.88. The van der Waals surface area contributed by atoms with Gasteiger partial charge in [-0.05, 0) is 23.6 Å². The highest BCUT2D eigenvalue weighted by Gasteiger charge is 2.29. The lowest BCUT2D eigenvalue weighted by Gasteiger charge is -2.12. The van der Waals surface area contributed by atoms with Crippen molar-refractivity contribution in [2.24, 2.45) is 0 Å². The van der Waals surface area contributed by atoms with Crippen LogP contribution in [0.2, 0.25) is 0 Å². The van der Waals surface area contributed by atoms with Crippen LogP contribution in [0.1, 0.15) is 16.8 Å². The van der Waals surface area contributed by atoms with Crippen molar-refractivity contribution in [2.75, 3.05) is 13.7 Å². The molecular weight excluding hydrogens is 390 g/mol. The van der Waals surface area contributed by atoms with E-state index in [1.54, 1.807) is 23.5 Å². The molecule has 2 aromatic carbocycles. The summed E-state index contributed by atoms with van der Waals surface area (Å²) < 4.78 is 11.5. The number of thiophene rings is 1. The van der Waals surface area contributed by atoms with Crippen LogP contribution in [-0.4, -0.2) is 41.8 Å². The fraction of sp³-hybridized carbons (Fsp3) is 0.190. The SMILES string of the molecule is COc1cc2[nH]nc(-c3cc4ccccc4s3)c2cc1C(=O)NC1CCOC1=O. The molecular formula is C21H17N3O4S. The van der Waals surface area contributed by atoms with Crippen LogP contribution in [0.15, 0.2) is 42.5 Å². The fourth-order valence-corrected chi connectivity index (χ4v) is 4.61. The molecule has 1 saturated heterocycles. The molecule has 7 nitrogen and oxygen atoms in total. The van der Waals surface area contributed by atoms with E-state index in [-0.39, 0.29) is 5.91 Å². The Morgan fingerprint density at radius 2 is 2.17 bits per heavy atom. The topological polar surface area (TPSA) is 93.3 Å². The number of ether oxygens (including phenoxy) is 2. The maximum atomic E-state index is 12.9. The van der Waals surface area contributed by atoms with Crippen molar-refractivity contribution in [3.8, 4) is 16.3 Å². The second kappa shape index (κ2) is 6.89. The Balaban J connectivity index is 1.58. The number of hydrogen-bond donors (Lipinski definition) is 2. The summed E-state index contributed by atoms with van der Waals surface area (Å²) in [6, 6.07) is 13.1. The van der Waals surface area contributed by atoms with Gasteiger partial charge in [-0.3, -0.25) is 9.89 Å². The summed E-state index contributed by atoms with van der Waals surface area (Å²) in [5.41, 5.74) is 1.90. The van der Waals surface area contributed by atoms with E-state index in [1.807, 2.05) is 12.1 Å². The third kappa shape index (κ3) is 3.01. The number of carbonyl (C=O) groups is 2. The molecule has 4 aromatic rings. The van der Waals surface area contributed by atoms with Gasteiger partial charge >= 0.3 is 5.97 Å². The van der Waals surface area contributed by atoms with Gasteiger partial charge in [0.15, 0.2) is 0 Å². The number of esters is 1. The number of rotatable bonds is 4. The summed E-state index contributed by atoms with van der Waals surface area (Å²) >= 11 is 1.65. The Hall–Kier alpha value is -3.39. The van der Waals surface area contributed by atoms with E-state index in [0.717, 1.165) is 26.9 Å². The molecule has 1 aliphatic heterocycles. The van der Waals surface area contributed by atoms with Gasteiger partial charge in [0.25, 0.3) is 5.91 Å². The third-order valence-electron chi connectivity index (χ3n) is 5.03. The monoisotopic (exact) mass is 407 g/mol. The van der Waals surface area contributed by atoms with Gasteiger partial charge in [-0.1, -0.05) is 18.2 Å². The van der Waals surface area contributed by atoms with Crippen molar-refractivity contribution in [3.05, 3.63) is 48.0 Å². The van der Waals surface area contributed by atoms with Crippen LogP contribution in [0.4, 0.5) is 0 Å². The number of hydrogen-bond acceptors (Lipinski definition) is 6. The third-order valence-corrected chi connectivity index (χ3v) is 6.15. The zero-order chi connectivity index (χ0) is 20.0. The zero-order valence-corrected chi connectivity index (χ0v) is 16.3. The van der Waals surface area contributed by atoms with Crippen molar-refractivity contribution < 1.29 is 19.1 Å². The van der Waals surface area contributed by atoms with Crippen LogP contribution in [0, 0.1) is 0 Å². The van der Waals surface area contributed by atoms with Crippen LogP contribution < -0.4 is 10.1 Å². The maximum absolute atomic E-state index is 12.9. The zero-order valence-electron chi connectivity index (χ0n) is 15.5. The lowest BCUT2D eigenvalue weighted by molar-refractivity contribution is -0.139. The molecule has 0 spiro atoms.